The van der Waals surface area contributed by atoms with E-state index in [2.05, 4.69) is 17.1 Å². The lowest BCUT2D eigenvalue weighted by Gasteiger charge is -1.99. The zero-order valence-corrected chi connectivity index (χ0v) is 7.20. The molecule has 1 heterocycles. The number of hydrogen-bond donors (Lipinski definition) is 0. The van der Waals surface area contributed by atoms with Crippen molar-refractivity contribution in [3.8, 4) is 6.07 Å². The van der Waals surface area contributed by atoms with E-state index in [0.29, 0.717) is 5.56 Å². The van der Waals surface area contributed by atoms with Gasteiger partial charge in [0.15, 0.2) is 0 Å². The molecule has 0 fully saturated rings. The number of benzene rings is 1. The maximum atomic E-state index is 8.87. The van der Waals surface area contributed by atoms with Gasteiger partial charge >= 0.3 is 0 Å². The lowest BCUT2D eigenvalue weighted by Crippen LogP contribution is -1.85. The summed E-state index contributed by atoms with van der Waals surface area (Å²) in [7, 11) is 0. The summed E-state index contributed by atoms with van der Waals surface area (Å²) in [4.78, 5) is 4.14. The summed E-state index contributed by atoms with van der Waals surface area (Å²) >= 11 is 0. The van der Waals surface area contributed by atoms with Crippen LogP contribution < -0.4 is 0 Å². The van der Waals surface area contributed by atoms with Gasteiger partial charge in [0, 0.05) is 17.6 Å². The van der Waals surface area contributed by atoms with Gasteiger partial charge in [0.25, 0.3) is 0 Å². The van der Waals surface area contributed by atoms with Crippen LogP contribution in [0.3, 0.4) is 0 Å². The molecule has 0 saturated heterocycles. The molecule has 61 valence electrons. The Morgan fingerprint density at radius 3 is 3.15 bits per heavy atom. The Kier molecular flexibility index (Phi) is 1.71. The zero-order valence-electron chi connectivity index (χ0n) is 7.20. The predicted molar refractivity (Wildman–Crippen MR) is 50.0 cm³/mol. The Labute approximate surface area is 76.5 Å². The summed E-state index contributed by atoms with van der Waals surface area (Å²) in [6, 6.07) is 10.8. The highest BCUT2D eigenvalue weighted by atomic mass is 14.6. The van der Waals surface area contributed by atoms with E-state index in [1.807, 2.05) is 25.1 Å². The molecule has 0 aliphatic carbocycles. The van der Waals surface area contributed by atoms with Crippen molar-refractivity contribution in [3.63, 3.8) is 0 Å². The van der Waals surface area contributed by atoms with E-state index in [1.54, 1.807) is 6.20 Å². The Hall–Kier alpha value is -1.88. The molecule has 0 bridgehead atoms. The maximum Gasteiger partial charge on any atom is 0.0998 e. The van der Waals surface area contributed by atoms with Crippen LogP contribution in [0.5, 0.6) is 0 Å². The van der Waals surface area contributed by atoms with Crippen LogP contribution in [0.25, 0.3) is 10.9 Å². The van der Waals surface area contributed by atoms with Gasteiger partial charge in [-0.2, -0.15) is 5.26 Å². The second kappa shape index (κ2) is 2.87. The number of pyridine rings is 1. The minimum atomic E-state index is 0.666. The fraction of sp³-hybridized carbons (Fsp3) is 0.0909. The number of nitriles is 1. The molecule has 2 rings (SSSR count). The first kappa shape index (κ1) is 7.75. The Bertz CT molecular complexity index is 495. The second-order valence-electron chi connectivity index (χ2n) is 2.88. The van der Waals surface area contributed by atoms with Gasteiger partial charge in [0.05, 0.1) is 17.1 Å². The summed E-state index contributed by atoms with van der Waals surface area (Å²) in [6.07, 6.45) is 1.71. The van der Waals surface area contributed by atoms with Crippen LogP contribution in [-0.2, 0) is 0 Å². The number of nitrogens with zero attached hydrogens (tertiary/aromatic N) is 2. The van der Waals surface area contributed by atoms with Crippen molar-refractivity contribution < 1.29 is 0 Å². The number of hydrogen-bond acceptors (Lipinski definition) is 2. The van der Waals surface area contributed by atoms with E-state index in [0.717, 1.165) is 16.5 Å². The molecular formula is C11H7N2. The molecule has 0 atom stereocenters. The molecule has 2 heteroatoms. The van der Waals surface area contributed by atoms with Crippen LogP contribution in [0.4, 0.5) is 0 Å². The van der Waals surface area contributed by atoms with Gasteiger partial charge in [0.1, 0.15) is 0 Å². The molecule has 1 radical (unpaired) electrons. The van der Waals surface area contributed by atoms with Gasteiger partial charge in [0.2, 0.25) is 0 Å². The lowest BCUT2D eigenvalue weighted by molar-refractivity contribution is 1.37. The standard InChI is InChI=1S/C11H7N2/c1-8-5-9(7-12)10-3-2-4-13-11(10)6-8/h2-5H,1H3. The summed E-state index contributed by atoms with van der Waals surface area (Å²) < 4.78 is 0. The number of aromatic nitrogens is 1. The van der Waals surface area contributed by atoms with E-state index >= 15 is 0 Å². The number of rotatable bonds is 0. The van der Waals surface area contributed by atoms with Crippen LogP contribution in [0.1, 0.15) is 11.1 Å². The summed E-state index contributed by atoms with van der Waals surface area (Å²) in [6.45, 7) is 1.91. The summed E-state index contributed by atoms with van der Waals surface area (Å²) in [5.74, 6) is 0. The van der Waals surface area contributed by atoms with Crippen LogP contribution in [-0.4, -0.2) is 4.98 Å². The number of aryl methyl sites for hydroxylation is 1. The molecule has 0 spiro atoms. The topological polar surface area (TPSA) is 36.7 Å². The van der Waals surface area contributed by atoms with Crippen molar-refractivity contribution in [2.24, 2.45) is 0 Å². The van der Waals surface area contributed by atoms with E-state index < -0.39 is 0 Å². The maximum absolute atomic E-state index is 8.87. The Morgan fingerprint density at radius 2 is 2.38 bits per heavy atom. The summed E-state index contributed by atoms with van der Waals surface area (Å²) in [5, 5.41) is 9.74. The SMILES string of the molecule is Cc1[c]c2ncccc2c(C#N)c1. The van der Waals surface area contributed by atoms with Gasteiger partial charge < -0.3 is 0 Å². The third-order valence-electron chi connectivity index (χ3n) is 1.89. The van der Waals surface area contributed by atoms with Crippen molar-refractivity contribution in [2.75, 3.05) is 0 Å². The van der Waals surface area contributed by atoms with E-state index in [9.17, 15) is 0 Å². The predicted octanol–water partition coefficient (Wildman–Crippen LogP) is 2.22. The molecule has 2 aromatic rings. The van der Waals surface area contributed by atoms with Crippen molar-refractivity contribution >= 4 is 10.9 Å². The Morgan fingerprint density at radius 1 is 1.54 bits per heavy atom. The van der Waals surface area contributed by atoms with Crippen LogP contribution in [0.15, 0.2) is 24.4 Å². The van der Waals surface area contributed by atoms with E-state index in [1.165, 1.54) is 0 Å². The first-order valence-corrected chi connectivity index (χ1v) is 3.99. The number of fused-ring (bicyclic) bond motifs is 1. The quantitative estimate of drug-likeness (QED) is 0.603. The third-order valence-corrected chi connectivity index (χ3v) is 1.89. The molecule has 0 N–H and O–H groups in total. The van der Waals surface area contributed by atoms with Crippen molar-refractivity contribution in [3.05, 3.63) is 41.6 Å². The Balaban J connectivity index is 2.91. The second-order valence-corrected chi connectivity index (χ2v) is 2.88. The largest absolute Gasteiger partial charge is 0.256 e. The molecule has 1 aromatic heterocycles. The minimum Gasteiger partial charge on any atom is -0.256 e. The molecular weight excluding hydrogens is 160 g/mol. The van der Waals surface area contributed by atoms with Crippen molar-refractivity contribution in [1.29, 1.82) is 5.26 Å². The van der Waals surface area contributed by atoms with Gasteiger partial charge in [-0.1, -0.05) is 0 Å². The van der Waals surface area contributed by atoms with Gasteiger partial charge in [-0.3, -0.25) is 4.98 Å². The highest BCUT2D eigenvalue weighted by Crippen LogP contribution is 2.17. The summed E-state index contributed by atoms with van der Waals surface area (Å²) in [5.41, 5.74) is 2.38. The van der Waals surface area contributed by atoms with E-state index in [4.69, 9.17) is 5.26 Å². The van der Waals surface area contributed by atoms with Crippen LogP contribution in [0.2, 0.25) is 0 Å². The highest BCUT2D eigenvalue weighted by Gasteiger charge is 2.01. The minimum absolute atomic E-state index is 0.666. The average molecular weight is 167 g/mol. The van der Waals surface area contributed by atoms with Crippen LogP contribution >= 0.6 is 0 Å². The normalized spacial score (nSPS) is 9.85. The average Bonchev–Trinajstić information content (AvgIpc) is 2.16. The smallest absolute Gasteiger partial charge is 0.0998 e. The lowest BCUT2D eigenvalue weighted by atomic mass is 10.1. The molecule has 0 unspecified atom stereocenters. The fourth-order valence-electron chi connectivity index (χ4n) is 1.33. The molecule has 0 saturated carbocycles. The zero-order chi connectivity index (χ0) is 9.26. The first-order chi connectivity index (χ1) is 6.31. The van der Waals surface area contributed by atoms with E-state index in [-0.39, 0.29) is 0 Å². The van der Waals surface area contributed by atoms with Gasteiger partial charge in [-0.05, 0) is 30.7 Å². The van der Waals surface area contributed by atoms with Gasteiger partial charge in [-0.25, -0.2) is 0 Å². The van der Waals surface area contributed by atoms with Crippen molar-refractivity contribution in [1.82, 2.24) is 4.98 Å². The highest BCUT2D eigenvalue weighted by molar-refractivity contribution is 5.84. The molecule has 2 nitrogen and oxygen atoms in total. The van der Waals surface area contributed by atoms with Crippen LogP contribution in [0, 0.1) is 24.3 Å². The molecule has 13 heavy (non-hydrogen) atoms. The fourth-order valence-corrected chi connectivity index (χ4v) is 1.33. The molecule has 0 aliphatic heterocycles. The van der Waals surface area contributed by atoms with Gasteiger partial charge in [-0.15, -0.1) is 0 Å². The first-order valence-electron chi connectivity index (χ1n) is 3.99. The monoisotopic (exact) mass is 167 g/mol. The van der Waals surface area contributed by atoms with Crippen molar-refractivity contribution in [2.45, 2.75) is 6.92 Å². The molecule has 0 amide bonds. The molecule has 1 aromatic carbocycles. The molecule has 0 aliphatic rings. The third kappa shape index (κ3) is 1.25.